The number of halogens is 2. The molecule has 0 aliphatic heterocycles. The summed E-state index contributed by atoms with van der Waals surface area (Å²) in [5, 5.41) is 0.269. The lowest BCUT2D eigenvalue weighted by Crippen LogP contribution is -1.90. The molecule has 1 rings (SSSR count). The first-order chi connectivity index (χ1) is 4.74. The highest BCUT2D eigenvalue weighted by Gasteiger charge is 2.01. The molecule has 10 heavy (non-hydrogen) atoms. The van der Waals surface area contributed by atoms with Crippen molar-refractivity contribution in [2.24, 2.45) is 0 Å². The van der Waals surface area contributed by atoms with E-state index in [4.69, 9.17) is 16.3 Å². The molecule has 1 heterocycles. The summed E-state index contributed by atoms with van der Waals surface area (Å²) in [6.07, 6.45) is 1.50. The molecule has 0 N–H and O–H groups in total. The Morgan fingerprint density at radius 3 is 2.90 bits per heavy atom. The Morgan fingerprint density at radius 1 is 1.70 bits per heavy atom. The van der Waals surface area contributed by atoms with Gasteiger partial charge in [0.2, 0.25) is 0 Å². The van der Waals surface area contributed by atoms with E-state index >= 15 is 0 Å². The van der Waals surface area contributed by atoms with Crippen LogP contribution in [0.2, 0.25) is 5.15 Å². The molecule has 0 aliphatic carbocycles. The maximum Gasteiger partial charge on any atom is 0.252 e. The fraction of sp³-hybridized carbons (Fsp3) is 0.200. The van der Waals surface area contributed by atoms with Gasteiger partial charge in [-0.15, -0.1) is 0 Å². The lowest BCUT2D eigenvalue weighted by molar-refractivity contribution is 0.395. The molecular formula is C5H4BrClN2O. The van der Waals surface area contributed by atoms with E-state index in [0.717, 1.165) is 0 Å². The molecule has 0 spiro atoms. The van der Waals surface area contributed by atoms with Crippen LogP contribution in [0.5, 0.6) is 5.88 Å². The van der Waals surface area contributed by atoms with E-state index in [2.05, 4.69) is 25.9 Å². The van der Waals surface area contributed by atoms with Crippen molar-refractivity contribution in [3.63, 3.8) is 0 Å². The molecule has 1 aromatic heterocycles. The molecule has 1 aromatic rings. The van der Waals surface area contributed by atoms with Gasteiger partial charge in [0.1, 0.15) is 4.60 Å². The van der Waals surface area contributed by atoms with E-state index in [1.165, 1.54) is 13.3 Å². The molecule has 0 amide bonds. The first-order valence-electron chi connectivity index (χ1n) is 2.46. The summed E-state index contributed by atoms with van der Waals surface area (Å²) in [6, 6.07) is 0. The molecule has 0 saturated heterocycles. The Hall–Kier alpha value is -0.350. The highest BCUT2D eigenvalue weighted by molar-refractivity contribution is 9.10. The van der Waals surface area contributed by atoms with E-state index in [1.807, 2.05) is 0 Å². The minimum absolute atomic E-state index is 0.269. The Balaban J connectivity index is 3.09. The van der Waals surface area contributed by atoms with E-state index < -0.39 is 0 Å². The topological polar surface area (TPSA) is 35.0 Å². The molecule has 0 aliphatic rings. The Kier molecular flexibility index (Phi) is 2.45. The Morgan fingerprint density at radius 2 is 2.40 bits per heavy atom. The van der Waals surface area contributed by atoms with Crippen LogP contribution in [0.4, 0.5) is 0 Å². The van der Waals surface area contributed by atoms with Crippen LogP contribution >= 0.6 is 27.5 Å². The Labute approximate surface area is 71.5 Å². The summed E-state index contributed by atoms with van der Waals surface area (Å²) in [5.41, 5.74) is 0. The van der Waals surface area contributed by atoms with Crippen LogP contribution in [0.3, 0.4) is 0 Å². The van der Waals surface area contributed by atoms with Gasteiger partial charge in [-0.25, -0.2) is 9.97 Å². The lowest BCUT2D eigenvalue weighted by Gasteiger charge is -1.98. The van der Waals surface area contributed by atoms with Crippen LogP contribution in [0.1, 0.15) is 0 Å². The van der Waals surface area contributed by atoms with Crippen molar-refractivity contribution in [1.82, 2.24) is 9.97 Å². The number of rotatable bonds is 1. The van der Waals surface area contributed by atoms with E-state index in [0.29, 0.717) is 10.5 Å². The van der Waals surface area contributed by atoms with E-state index in [9.17, 15) is 0 Å². The van der Waals surface area contributed by atoms with Gasteiger partial charge >= 0.3 is 0 Å². The van der Waals surface area contributed by atoms with Gasteiger partial charge < -0.3 is 4.74 Å². The van der Waals surface area contributed by atoms with Crippen molar-refractivity contribution in [2.45, 2.75) is 0 Å². The molecule has 0 atom stereocenters. The van der Waals surface area contributed by atoms with E-state index in [-0.39, 0.29) is 5.15 Å². The maximum absolute atomic E-state index is 5.58. The predicted octanol–water partition coefficient (Wildman–Crippen LogP) is 1.90. The van der Waals surface area contributed by atoms with Crippen LogP contribution in [-0.4, -0.2) is 17.1 Å². The number of hydrogen-bond donors (Lipinski definition) is 0. The van der Waals surface area contributed by atoms with Gasteiger partial charge in [0.25, 0.3) is 5.88 Å². The number of aromatic nitrogens is 2. The SMILES string of the molecule is COc1nc(Br)cnc1Cl. The first-order valence-corrected chi connectivity index (χ1v) is 3.63. The molecule has 0 fully saturated rings. The summed E-state index contributed by atoms with van der Waals surface area (Å²) in [6.45, 7) is 0. The van der Waals surface area contributed by atoms with Crippen LogP contribution < -0.4 is 4.74 Å². The fourth-order valence-corrected chi connectivity index (χ4v) is 0.899. The average molecular weight is 223 g/mol. The third-order valence-corrected chi connectivity index (χ3v) is 1.50. The van der Waals surface area contributed by atoms with Gasteiger partial charge in [-0.05, 0) is 15.9 Å². The van der Waals surface area contributed by atoms with Gasteiger partial charge in [-0.3, -0.25) is 0 Å². The molecule has 0 radical (unpaired) electrons. The fourth-order valence-electron chi connectivity index (χ4n) is 0.467. The summed E-state index contributed by atoms with van der Waals surface area (Å²) in [7, 11) is 1.49. The molecule has 0 unspecified atom stereocenters. The monoisotopic (exact) mass is 222 g/mol. The Bertz CT molecular complexity index is 243. The minimum atomic E-state index is 0.269. The molecule has 3 nitrogen and oxygen atoms in total. The number of methoxy groups -OCH3 is 1. The largest absolute Gasteiger partial charge is 0.479 e. The third-order valence-electron chi connectivity index (χ3n) is 0.863. The first kappa shape index (κ1) is 7.75. The van der Waals surface area contributed by atoms with Crippen LogP contribution in [-0.2, 0) is 0 Å². The zero-order valence-electron chi connectivity index (χ0n) is 5.14. The molecular weight excluding hydrogens is 219 g/mol. The van der Waals surface area contributed by atoms with Gasteiger partial charge in [0.05, 0.1) is 13.3 Å². The molecule has 0 bridgehead atoms. The van der Waals surface area contributed by atoms with E-state index in [1.54, 1.807) is 0 Å². The van der Waals surface area contributed by atoms with Crippen LogP contribution in [0, 0.1) is 0 Å². The van der Waals surface area contributed by atoms with Crippen molar-refractivity contribution < 1.29 is 4.74 Å². The maximum atomic E-state index is 5.58. The summed E-state index contributed by atoms with van der Waals surface area (Å²) in [4.78, 5) is 7.67. The lowest BCUT2D eigenvalue weighted by atomic mass is 10.7. The second-order valence-electron chi connectivity index (χ2n) is 1.49. The number of nitrogens with zero attached hydrogens (tertiary/aromatic N) is 2. The number of hydrogen-bond acceptors (Lipinski definition) is 3. The molecule has 0 saturated carbocycles. The third kappa shape index (κ3) is 1.58. The van der Waals surface area contributed by atoms with Crippen molar-refractivity contribution in [3.05, 3.63) is 16.0 Å². The van der Waals surface area contributed by atoms with Gasteiger partial charge in [-0.2, -0.15) is 0 Å². The second kappa shape index (κ2) is 3.16. The van der Waals surface area contributed by atoms with Gasteiger partial charge in [-0.1, -0.05) is 11.6 Å². The summed E-state index contributed by atoms with van der Waals surface area (Å²) < 4.78 is 5.40. The van der Waals surface area contributed by atoms with Crippen molar-refractivity contribution in [3.8, 4) is 5.88 Å². The smallest absolute Gasteiger partial charge is 0.252 e. The highest BCUT2D eigenvalue weighted by Crippen LogP contribution is 2.19. The number of ether oxygens (including phenoxy) is 1. The zero-order valence-corrected chi connectivity index (χ0v) is 7.48. The van der Waals surface area contributed by atoms with Crippen molar-refractivity contribution in [1.29, 1.82) is 0 Å². The van der Waals surface area contributed by atoms with Gasteiger partial charge in [0, 0.05) is 0 Å². The van der Waals surface area contributed by atoms with Gasteiger partial charge in [0.15, 0.2) is 5.15 Å². The normalized spacial score (nSPS) is 9.50. The second-order valence-corrected chi connectivity index (χ2v) is 2.66. The minimum Gasteiger partial charge on any atom is -0.479 e. The van der Waals surface area contributed by atoms with Crippen LogP contribution in [0.25, 0.3) is 0 Å². The standard InChI is InChI=1S/C5H4BrClN2O/c1-10-5-4(7)8-2-3(6)9-5/h2H,1H3. The summed E-state index contributed by atoms with van der Waals surface area (Å²) >= 11 is 8.70. The molecule has 54 valence electrons. The molecule has 0 aromatic carbocycles. The quantitative estimate of drug-likeness (QED) is 0.729. The van der Waals surface area contributed by atoms with Crippen molar-refractivity contribution in [2.75, 3.05) is 7.11 Å². The predicted molar refractivity (Wildman–Crippen MR) is 41.3 cm³/mol. The summed E-state index contributed by atoms with van der Waals surface area (Å²) in [5.74, 6) is 0.330. The van der Waals surface area contributed by atoms with Crippen LogP contribution in [0.15, 0.2) is 10.8 Å². The highest BCUT2D eigenvalue weighted by atomic mass is 79.9. The average Bonchev–Trinajstić information content (AvgIpc) is 1.94. The zero-order chi connectivity index (χ0) is 7.56. The molecule has 5 heteroatoms. The van der Waals surface area contributed by atoms with Crippen molar-refractivity contribution >= 4 is 27.5 Å².